The van der Waals surface area contributed by atoms with Gasteiger partial charge in [-0.1, -0.05) is 49.7 Å². The van der Waals surface area contributed by atoms with E-state index in [4.69, 9.17) is 12.2 Å². The van der Waals surface area contributed by atoms with Gasteiger partial charge in [0.15, 0.2) is 5.11 Å². The van der Waals surface area contributed by atoms with Crippen molar-refractivity contribution in [2.24, 2.45) is 5.92 Å². The second-order valence-corrected chi connectivity index (χ2v) is 5.87. The lowest BCUT2D eigenvalue weighted by molar-refractivity contribution is 0.498. The summed E-state index contributed by atoms with van der Waals surface area (Å²) in [6.45, 7) is 5.05. The maximum Gasteiger partial charge on any atom is 0.171 e. The average Bonchev–Trinajstić information content (AvgIpc) is 2.52. The van der Waals surface area contributed by atoms with Crippen LogP contribution in [0.2, 0.25) is 0 Å². The van der Waals surface area contributed by atoms with Crippen LogP contribution in [0, 0.1) is 12.8 Å². The normalized spacial score (nSPS) is 11.7. The molecule has 1 aromatic heterocycles. The molecule has 3 nitrogen and oxygen atoms in total. The van der Waals surface area contributed by atoms with Gasteiger partial charge in [0.05, 0.1) is 0 Å². The lowest BCUT2D eigenvalue weighted by Gasteiger charge is -2.17. The third kappa shape index (κ3) is 5.45. The lowest BCUT2D eigenvalue weighted by atomic mass is 9.97. The van der Waals surface area contributed by atoms with Gasteiger partial charge in [-0.25, -0.2) is 4.98 Å². The first kappa shape index (κ1) is 16.4. The second-order valence-electron chi connectivity index (χ2n) is 5.46. The highest BCUT2D eigenvalue weighted by Crippen LogP contribution is 2.11. The Kier molecular flexibility index (Phi) is 6.34. The highest BCUT2D eigenvalue weighted by Gasteiger charge is 2.08. The Morgan fingerprint density at radius 1 is 1.14 bits per heavy atom. The molecule has 1 atom stereocenters. The molecule has 22 heavy (non-hydrogen) atoms. The van der Waals surface area contributed by atoms with Gasteiger partial charge in [-0.15, -0.1) is 0 Å². The quantitative estimate of drug-likeness (QED) is 0.792. The Labute approximate surface area is 138 Å². The molecule has 0 aliphatic rings. The summed E-state index contributed by atoms with van der Waals surface area (Å²) in [7, 11) is 0. The second kappa shape index (κ2) is 8.49. The van der Waals surface area contributed by atoms with Crippen LogP contribution in [0.4, 0.5) is 5.82 Å². The van der Waals surface area contributed by atoms with Gasteiger partial charge in [-0.3, -0.25) is 0 Å². The maximum atomic E-state index is 5.35. The zero-order valence-electron chi connectivity index (χ0n) is 13.2. The molecule has 1 unspecified atom stereocenters. The largest absolute Gasteiger partial charge is 0.362 e. The molecule has 0 radical (unpaired) electrons. The lowest BCUT2D eigenvalue weighted by Crippen LogP contribution is -2.33. The van der Waals surface area contributed by atoms with Crippen LogP contribution < -0.4 is 10.6 Å². The number of nitrogens with zero attached hydrogens (tertiary/aromatic N) is 1. The van der Waals surface area contributed by atoms with Crippen LogP contribution in [0.1, 0.15) is 24.6 Å². The molecule has 0 amide bonds. The van der Waals surface area contributed by atoms with Gasteiger partial charge in [-0.05, 0) is 49.2 Å². The van der Waals surface area contributed by atoms with Crippen LogP contribution in [0.25, 0.3) is 0 Å². The topological polar surface area (TPSA) is 37.0 Å². The summed E-state index contributed by atoms with van der Waals surface area (Å²) in [6, 6.07) is 16.4. The van der Waals surface area contributed by atoms with E-state index in [0.29, 0.717) is 11.0 Å². The zero-order valence-corrected chi connectivity index (χ0v) is 14.0. The van der Waals surface area contributed by atoms with Crippen molar-refractivity contribution in [2.75, 3.05) is 11.9 Å². The standard InChI is InChI=1S/C18H23N3S/c1-3-15(12-16-9-5-4-6-10-16)13-19-18(22)21-17-11-7-8-14(2)20-17/h4-11,15H,3,12-13H2,1-2H3,(H2,19,20,21,22). The van der Waals surface area contributed by atoms with E-state index in [9.17, 15) is 0 Å². The monoisotopic (exact) mass is 313 g/mol. The van der Waals surface area contributed by atoms with Crippen molar-refractivity contribution in [1.29, 1.82) is 0 Å². The van der Waals surface area contributed by atoms with E-state index < -0.39 is 0 Å². The number of thiocarbonyl (C=S) groups is 1. The summed E-state index contributed by atoms with van der Waals surface area (Å²) in [5.74, 6) is 1.35. The first-order valence-electron chi connectivity index (χ1n) is 7.69. The Bertz CT molecular complexity index is 598. The van der Waals surface area contributed by atoms with E-state index >= 15 is 0 Å². The van der Waals surface area contributed by atoms with Crippen molar-refractivity contribution in [3.8, 4) is 0 Å². The number of rotatable bonds is 6. The summed E-state index contributed by atoms with van der Waals surface area (Å²) < 4.78 is 0. The molecular weight excluding hydrogens is 290 g/mol. The van der Waals surface area contributed by atoms with Gasteiger partial charge in [0.2, 0.25) is 0 Å². The average molecular weight is 313 g/mol. The van der Waals surface area contributed by atoms with Crippen LogP contribution >= 0.6 is 12.2 Å². The van der Waals surface area contributed by atoms with Crippen LogP contribution in [-0.2, 0) is 6.42 Å². The third-order valence-electron chi connectivity index (χ3n) is 3.63. The van der Waals surface area contributed by atoms with Crippen LogP contribution in [0.15, 0.2) is 48.5 Å². The van der Waals surface area contributed by atoms with E-state index in [-0.39, 0.29) is 0 Å². The van der Waals surface area contributed by atoms with E-state index in [2.05, 4.69) is 52.9 Å². The predicted molar refractivity (Wildman–Crippen MR) is 97.1 cm³/mol. The molecule has 0 aliphatic heterocycles. The van der Waals surface area contributed by atoms with Crippen molar-refractivity contribution < 1.29 is 0 Å². The summed E-state index contributed by atoms with van der Waals surface area (Å²) >= 11 is 5.35. The van der Waals surface area contributed by atoms with Gasteiger partial charge in [0.25, 0.3) is 0 Å². The summed E-state index contributed by atoms with van der Waals surface area (Å²) in [5, 5.41) is 7.07. The Morgan fingerprint density at radius 3 is 2.59 bits per heavy atom. The fourth-order valence-electron chi connectivity index (χ4n) is 2.32. The Balaban J connectivity index is 1.81. The minimum absolute atomic E-state index is 0.563. The van der Waals surface area contributed by atoms with Crippen LogP contribution in [-0.4, -0.2) is 16.6 Å². The van der Waals surface area contributed by atoms with Crippen molar-refractivity contribution >= 4 is 23.1 Å². The number of pyridine rings is 1. The maximum absolute atomic E-state index is 5.35. The van der Waals surface area contributed by atoms with E-state index in [1.807, 2.05) is 25.1 Å². The van der Waals surface area contributed by atoms with E-state index in [1.165, 1.54) is 5.56 Å². The number of benzene rings is 1. The smallest absolute Gasteiger partial charge is 0.171 e. The minimum Gasteiger partial charge on any atom is -0.362 e. The highest BCUT2D eigenvalue weighted by molar-refractivity contribution is 7.80. The first-order chi connectivity index (χ1) is 10.7. The number of anilines is 1. The zero-order chi connectivity index (χ0) is 15.8. The summed E-state index contributed by atoms with van der Waals surface area (Å²) in [6.07, 6.45) is 2.18. The van der Waals surface area contributed by atoms with Crippen molar-refractivity contribution in [1.82, 2.24) is 10.3 Å². The number of aryl methyl sites for hydroxylation is 1. The van der Waals surface area contributed by atoms with Gasteiger partial charge in [-0.2, -0.15) is 0 Å². The highest BCUT2D eigenvalue weighted by atomic mass is 32.1. The molecule has 0 saturated heterocycles. The molecule has 4 heteroatoms. The molecule has 1 aromatic carbocycles. The molecular formula is C18H23N3S. The van der Waals surface area contributed by atoms with Crippen molar-refractivity contribution in [2.45, 2.75) is 26.7 Å². The molecule has 2 rings (SSSR count). The third-order valence-corrected chi connectivity index (χ3v) is 3.87. The summed E-state index contributed by atoms with van der Waals surface area (Å²) in [4.78, 5) is 4.39. The Hall–Kier alpha value is -1.94. The number of hydrogen-bond acceptors (Lipinski definition) is 2. The fourth-order valence-corrected chi connectivity index (χ4v) is 2.51. The minimum atomic E-state index is 0.563. The molecule has 1 heterocycles. The van der Waals surface area contributed by atoms with Crippen LogP contribution in [0.3, 0.4) is 0 Å². The molecule has 2 N–H and O–H groups in total. The SMILES string of the molecule is CCC(CNC(=S)Nc1cccc(C)n1)Cc1ccccc1. The van der Waals surface area contributed by atoms with Crippen molar-refractivity contribution in [3.63, 3.8) is 0 Å². The predicted octanol–water partition coefficient (Wildman–Crippen LogP) is 3.95. The van der Waals surface area contributed by atoms with Gasteiger partial charge in [0.1, 0.15) is 5.82 Å². The molecule has 0 bridgehead atoms. The van der Waals surface area contributed by atoms with Gasteiger partial charge in [0, 0.05) is 12.2 Å². The van der Waals surface area contributed by atoms with Crippen LogP contribution in [0.5, 0.6) is 0 Å². The Morgan fingerprint density at radius 2 is 1.91 bits per heavy atom. The van der Waals surface area contributed by atoms with E-state index in [0.717, 1.165) is 30.9 Å². The van der Waals surface area contributed by atoms with Gasteiger partial charge < -0.3 is 10.6 Å². The van der Waals surface area contributed by atoms with E-state index in [1.54, 1.807) is 0 Å². The van der Waals surface area contributed by atoms with Gasteiger partial charge >= 0.3 is 0 Å². The molecule has 0 aliphatic carbocycles. The first-order valence-corrected chi connectivity index (χ1v) is 8.10. The number of nitrogens with one attached hydrogen (secondary N) is 2. The molecule has 0 fully saturated rings. The summed E-state index contributed by atoms with van der Waals surface area (Å²) in [5.41, 5.74) is 2.35. The van der Waals surface area contributed by atoms with Crippen molar-refractivity contribution in [3.05, 3.63) is 59.8 Å². The molecule has 116 valence electrons. The fraction of sp³-hybridized carbons (Fsp3) is 0.333. The number of hydrogen-bond donors (Lipinski definition) is 2. The molecule has 2 aromatic rings. The molecule has 0 saturated carbocycles. The molecule has 0 spiro atoms. The number of aromatic nitrogens is 1.